The minimum atomic E-state index is -0.270. The second kappa shape index (κ2) is 2.73. The van der Waals surface area contributed by atoms with Crippen molar-refractivity contribution in [1.82, 2.24) is 5.32 Å². The normalized spacial score (nSPS) is 36.3. The molecule has 2 fully saturated rings. The Hall–Kier alpha value is -0.120. The van der Waals surface area contributed by atoms with Gasteiger partial charge in [-0.25, -0.2) is 0 Å². The lowest BCUT2D eigenvalue weighted by Crippen LogP contribution is -2.54. The molecule has 3 heteroatoms. The van der Waals surface area contributed by atoms with Crippen LogP contribution in [0.3, 0.4) is 0 Å². The Labute approximate surface area is 67.1 Å². The van der Waals surface area contributed by atoms with E-state index in [9.17, 15) is 0 Å². The van der Waals surface area contributed by atoms with Gasteiger partial charge in [-0.05, 0) is 26.3 Å². The van der Waals surface area contributed by atoms with Crippen LogP contribution in [0.1, 0.15) is 19.8 Å². The van der Waals surface area contributed by atoms with E-state index in [1.165, 1.54) is 12.8 Å². The molecule has 2 aliphatic heterocycles. The van der Waals surface area contributed by atoms with E-state index in [-0.39, 0.29) is 5.79 Å². The molecule has 2 rings (SSSR count). The summed E-state index contributed by atoms with van der Waals surface area (Å²) < 4.78 is 10.8. The molecule has 0 aromatic heterocycles. The smallest absolute Gasteiger partial charge is 0.175 e. The third-order valence-corrected chi connectivity index (χ3v) is 2.73. The molecule has 0 aromatic carbocycles. The van der Waals surface area contributed by atoms with Crippen LogP contribution in [-0.2, 0) is 9.47 Å². The predicted octanol–water partition coefficient (Wildman–Crippen LogP) is 0.706. The van der Waals surface area contributed by atoms with Crippen molar-refractivity contribution in [2.24, 2.45) is 5.92 Å². The molecule has 11 heavy (non-hydrogen) atoms. The van der Waals surface area contributed by atoms with Gasteiger partial charge >= 0.3 is 0 Å². The van der Waals surface area contributed by atoms with E-state index < -0.39 is 0 Å². The van der Waals surface area contributed by atoms with Gasteiger partial charge in [0, 0.05) is 12.5 Å². The third-order valence-electron chi connectivity index (χ3n) is 2.73. The molecule has 0 saturated carbocycles. The first-order valence-electron chi connectivity index (χ1n) is 4.30. The van der Waals surface area contributed by atoms with E-state index in [1.807, 2.05) is 6.92 Å². The quantitative estimate of drug-likeness (QED) is 0.608. The monoisotopic (exact) mass is 157 g/mol. The predicted molar refractivity (Wildman–Crippen MR) is 41.0 cm³/mol. The largest absolute Gasteiger partial charge is 0.324 e. The minimum absolute atomic E-state index is 0.270. The lowest BCUT2D eigenvalue weighted by molar-refractivity contribution is -0.410. The molecule has 1 N–H and O–H groups in total. The number of hydrogen-bond donors (Lipinski definition) is 1. The molecular formula is C8H15NO2. The van der Waals surface area contributed by atoms with Crippen LogP contribution < -0.4 is 5.32 Å². The number of nitrogens with one attached hydrogen (secondary N) is 1. The van der Waals surface area contributed by atoms with Crippen LogP contribution in [-0.4, -0.2) is 25.7 Å². The molecule has 2 heterocycles. The Balaban J connectivity index is 1.91. The summed E-state index contributed by atoms with van der Waals surface area (Å²) >= 11 is 0. The van der Waals surface area contributed by atoms with Gasteiger partial charge in [0.15, 0.2) is 12.6 Å². The van der Waals surface area contributed by atoms with Crippen LogP contribution in [0.15, 0.2) is 0 Å². The van der Waals surface area contributed by atoms with Gasteiger partial charge in [0.05, 0.1) is 0 Å². The van der Waals surface area contributed by atoms with Crippen LogP contribution in [0.2, 0.25) is 0 Å². The zero-order chi connectivity index (χ0) is 7.73. The summed E-state index contributed by atoms with van der Waals surface area (Å²) in [6.45, 7) is 4.70. The van der Waals surface area contributed by atoms with Crippen LogP contribution in [0, 0.1) is 5.92 Å². The van der Waals surface area contributed by atoms with Gasteiger partial charge in [0.25, 0.3) is 0 Å². The summed E-state index contributed by atoms with van der Waals surface area (Å²) in [6, 6.07) is 0. The number of rotatable bonds is 1. The van der Waals surface area contributed by atoms with E-state index in [0.29, 0.717) is 12.7 Å². The molecule has 3 nitrogen and oxygen atoms in total. The minimum Gasteiger partial charge on any atom is -0.324 e. The van der Waals surface area contributed by atoms with Crippen molar-refractivity contribution in [2.45, 2.75) is 25.6 Å². The van der Waals surface area contributed by atoms with Crippen LogP contribution in [0.4, 0.5) is 0 Å². The van der Waals surface area contributed by atoms with Gasteiger partial charge in [-0.2, -0.15) is 0 Å². The summed E-state index contributed by atoms with van der Waals surface area (Å²) in [5.41, 5.74) is 0. The summed E-state index contributed by atoms with van der Waals surface area (Å²) in [5.74, 6) is 0.276. The molecule has 0 spiro atoms. The number of piperidine rings is 1. The van der Waals surface area contributed by atoms with Gasteiger partial charge in [0.2, 0.25) is 0 Å². The topological polar surface area (TPSA) is 30.5 Å². The van der Waals surface area contributed by atoms with E-state index in [4.69, 9.17) is 9.47 Å². The van der Waals surface area contributed by atoms with Gasteiger partial charge < -0.3 is 14.8 Å². The van der Waals surface area contributed by atoms with Crippen molar-refractivity contribution < 1.29 is 9.47 Å². The maximum atomic E-state index is 5.40. The zero-order valence-electron chi connectivity index (χ0n) is 6.93. The fourth-order valence-electron chi connectivity index (χ4n) is 1.78. The van der Waals surface area contributed by atoms with Crippen LogP contribution in [0.25, 0.3) is 0 Å². The highest BCUT2D eigenvalue weighted by atomic mass is 16.9. The van der Waals surface area contributed by atoms with Crippen molar-refractivity contribution in [3.05, 3.63) is 0 Å². The van der Waals surface area contributed by atoms with Crippen molar-refractivity contribution in [3.8, 4) is 0 Å². The van der Waals surface area contributed by atoms with E-state index in [2.05, 4.69) is 5.32 Å². The summed E-state index contributed by atoms with van der Waals surface area (Å²) in [6.07, 6.45) is 2.47. The van der Waals surface area contributed by atoms with Crippen molar-refractivity contribution in [1.29, 1.82) is 0 Å². The SMILES string of the molecule is CC1(C2CCCNC2)OCO1. The standard InChI is InChI=1S/C8H15NO2/c1-8(10-6-11-8)7-3-2-4-9-5-7/h7,9H,2-6H2,1H3. The highest BCUT2D eigenvalue weighted by Crippen LogP contribution is 2.34. The second-order valence-electron chi connectivity index (χ2n) is 3.47. The van der Waals surface area contributed by atoms with E-state index >= 15 is 0 Å². The molecule has 0 bridgehead atoms. The Morgan fingerprint density at radius 1 is 1.45 bits per heavy atom. The van der Waals surface area contributed by atoms with Gasteiger partial charge in [-0.1, -0.05) is 0 Å². The Morgan fingerprint density at radius 2 is 2.27 bits per heavy atom. The lowest BCUT2D eigenvalue weighted by Gasteiger charge is -2.45. The fourth-order valence-corrected chi connectivity index (χ4v) is 1.78. The molecule has 0 amide bonds. The third kappa shape index (κ3) is 1.28. The number of ether oxygens (including phenoxy) is 2. The molecule has 1 atom stereocenters. The second-order valence-corrected chi connectivity index (χ2v) is 3.47. The average molecular weight is 157 g/mol. The number of hydrogen-bond acceptors (Lipinski definition) is 3. The average Bonchev–Trinajstić information content (AvgIpc) is 2.02. The van der Waals surface area contributed by atoms with Crippen molar-refractivity contribution >= 4 is 0 Å². The van der Waals surface area contributed by atoms with Gasteiger partial charge in [-0.3, -0.25) is 0 Å². The molecule has 0 aliphatic carbocycles. The highest BCUT2D eigenvalue weighted by molar-refractivity contribution is 4.83. The van der Waals surface area contributed by atoms with E-state index in [1.54, 1.807) is 0 Å². The highest BCUT2D eigenvalue weighted by Gasteiger charge is 2.42. The molecule has 1 unspecified atom stereocenters. The first-order chi connectivity index (χ1) is 5.31. The lowest BCUT2D eigenvalue weighted by atomic mass is 9.91. The molecular weight excluding hydrogens is 142 g/mol. The zero-order valence-corrected chi connectivity index (χ0v) is 6.93. The Bertz CT molecular complexity index is 139. The van der Waals surface area contributed by atoms with Crippen LogP contribution >= 0.6 is 0 Å². The summed E-state index contributed by atoms with van der Waals surface area (Å²) in [5, 5.41) is 3.35. The first-order valence-corrected chi connectivity index (χ1v) is 4.30. The maximum absolute atomic E-state index is 5.40. The van der Waals surface area contributed by atoms with Crippen molar-refractivity contribution in [3.63, 3.8) is 0 Å². The van der Waals surface area contributed by atoms with Gasteiger partial charge in [-0.15, -0.1) is 0 Å². The first kappa shape index (κ1) is 7.53. The molecule has 2 aliphatic rings. The summed E-state index contributed by atoms with van der Waals surface area (Å²) in [7, 11) is 0. The van der Waals surface area contributed by atoms with Crippen LogP contribution in [0.5, 0.6) is 0 Å². The molecule has 64 valence electrons. The van der Waals surface area contributed by atoms with E-state index in [0.717, 1.165) is 13.1 Å². The van der Waals surface area contributed by atoms with Gasteiger partial charge in [0.1, 0.15) is 0 Å². The Kier molecular flexibility index (Phi) is 1.87. The fraction of sp³-hybridized carbons (Fsp3) is 1.00. The molecule has 2 saturated heterocycles. The Morgan fingerprint density at radius 3 is 2.73 bits per heavy atom. The summed E-state index contributed by atoms with van der Waals surface area (Å²) in [4.78, 5) is 0. The molecule has 0 radical (unpaired) electrons. The van der Waals surface area contributed by atoms with Crippen molar-refractivity contribution in [2.75, 3.05) is 19.9 Å². The molecule has 0 aromatic rings. The maximum Gasteiger partial charge on any atom is 0.175 e.